The van der Waals surface area contributed by atoms with Crippen LogP contribution in [-0.4, -0.2) is 29.9 Å². The van der Waals surface area contributed by atoms with Crippen molar-refractivity contribution in [2.75, 3.05) is 13.1 Å². The number of amides is 1. The lowest BCUT2D eigenvalue weighted by atomic mass is 9.98. The molecule has 1 aromatic rings. The van der Waals surface area contributed by atoms with E-state index in [1.807, 2.05) is 4.90 Å². The van der Waals surface area contributed by atoms with E-state index in [0.717, 1.165) is 19.4 Å². The van der Waals surface area contributed by atoms with E-state index in [4.69, 9.17) is 17.3 Å². The summed E-state index contributed by atoms with van der Waals surface area (Å²) in [7, 11) is 0. The monoisotopic (exact) mass is 332 g/mol. The Morgan fingerprint density at radius 1 is 1.38 bits per heavy atom. The van der Waals surface area contributed by atoms with Crippen molar-refractivity contribution in [1.29, 1.82) is 0 Å². The third kappa shape index (κ3) is 3.17. The number of rotatable bonds is 2. The van der Waals surface area contributed by atoms with Crippen LogP contribution in [0.4, 0.5) is 4.39 Å². The topological polar surface area (TPSA) is 46.3 Å². The number of nitrogens with zero attached hydrogens (tertiary/aromatic N) is 1. The fraction of sp³-hybridized carbons (Fsp3) is 0.533. The molecule has 21 heavy (non-hydrogen) atoms. The first kappa shape index (κ1) is 16.5. The third-order valence-electron chi connectivity index (χ3n) is 4.65. The highest BCUT2D eigenvalue weighted by Gasteiger charge is 2.42. The fourth-order valence-corrected chi connectivity index (χ4v) is 3.71. The average Bonchev–Trinajstić information content (AvgIpc) is 2.97. The molecule has 1 saturated heterocycles. The molecule has 1 saturated carbocycles. The molecule has 1 heterocycles. The van der Waals surface area contributed by atoms with Crippen molar-refractivity contribution < 1.29 is 9.18 Å². The maximum atomic E-state index is 13.7. The molecular weight excluding hydrogens is 314 g/mol. The Hall–Kier alpha value is -0.840. The number of halogens is 3. The molecule has 3 rings (SSSR count). The average molecular weight is 333 g/mol. The van der Waals surface area contributed by atoms with Crippen LogP contribution in [-0.2, 0) is 11.2 Å². The molecule has 3 unspecified atom stereocenters. The van der Waals surface area contributed by atoms with Gasteiger partial charge in [0.15, 0.2) is 0 Å². The molecule has 3 atom stereocenters. The number of benzene rings is 1. The van der Waals surface area contributed by atoms with Gasteiger partial charge in [-0.25, -0.2) is 4.39 Å². The molecule has 0 bridgehead atoms. The Bertz CT molecular complexity index is 520. The van der Waals surface area contributed by atoms with E-state index in [1.165, 1.54) is 6.07 Å². The minimum atomic E-state index is -0.415. The zero-order valence-corrected chi connectivity index (χ0v) is 13.2. The summed E-state index contributed by atoms with van der Waals surface area (Å²) in [4.78, 5) is 14.1. The Balaban J connectivity index is 0.00000161. The minimum absolute atomic E-state index is 0. The van der Waals surface area contributed by atoms with Crippen LogP contribution in [0, 0.1) is 17.7 Å². The fourth-order valence-electron chi connectivity index (χ4n) is 3.48. The van der Waals surface area contributed by atoms with Gasteiger partial charge < -0.3 is 10.6 Å². The number of fused-ring (bicyclic) bond motifs is 1. The van der Waals surface area contributed by atoms with E-state index in [2.05, 4.69) is 0 Å². The molecule has 0 spiro atoms. The first-order valence-electron chi connectivity index (χ1n) is 7.02. The molecule has 1 aromatic carbocycles. The second kappa shape index (κ2) is 6.51. The van der Waals surface area contributed by atoms with Crippen molar-refractivity contribution in [2.24, 2.45) is 17.6 Å². The maximum absolute atomic E-state index is 13.7. The minimum Gasteiger partial charge on any atom is -0.342 e. The van der Waals surface area contributed by atoms with Crippen LogP contribution in [0.1, 0.15) is 18.4 Å². The van der Waals surface area contributed by atoms with Gasteiger partial charge in [-0.05, 0) is 36.8 Å². The van der Waals surface area contributed by atoms with E-state index < -0.39 is 5.82 Å². The first-order chi connectivity index (χ1) is 9.56. The van der Waals surface area contributed by atoms with Crippen LogP contribution in [0.25, 0.3) is 0 Å². The molecule has 1 aliphatic carbocycles. The summed E-state index contributed by atoms with van der Waals surface area (Å²) in [5, 5.41) is 0.314. The third-order valence-corrected chi connectivity index (χ3v) is 5.01. The van der Waals surface area contributed by atoms with Gasteiger partial charge in [0.1, 0.15) is 5.82 Å². The molecular formula is C15H19Cl2FN2O. The van der Waals surface area contributed by atoms with Gasteiger partial charge in [-0.3, -0.25) is 4.79 Å². The Morgan fingerprint density at radius 2 is 2.14 bits per heavy atom. The zero-order valence-electron chi connectivity index (χ0n) is 11.6. The van der Waals surface area contributed by atoms with Crippen molar-refractivity contribution in [3.05, 3.63) is 34.6 Å². The van der Waals surface area contributed by atoms with Crippen LogP contribution >= 0.6 is 24.0 Å². The summed E-state index contributed by atoms with van der Waals surface area (Å²) < 4.78 is 13.7. The van der Waals surface area contributed by atoms with Crippen molar-refractivity contribution >= 4 is 29.9 Å². The van der Waals surface area contributed by atoms with Gasteiger partial charge in [0.05, 0.1) is 6.42 Å². The highest BCUT2D eigenvalue weighted by molar-refractivity contribution is 6.31. The normalized spacial score (nSPS) is 27.4. The van der Waals surface area contributed by atoms with Crippen molar-refractivity contribution in [3.63, 3.8) is 0 Å². The highest BCUT2D eigenvalue weighted by atomic mass is 35.5. The van der Waals surface area contributed by atoms with Gasteiger partial charge in [-0.2, -0.15) is 0 Å². The maximum Gasteiger partial charge on any atom is 0.227 e. The number of hydrogen-bond acceptors (Lipinski definition) is 2. The summed E-state index contributed by atoms with van der Waals surface area (Å²) in [6, 6.07) is 4.70. The summed E-state index contributed by atoms with van der Waals surface area (Å²) in [6.45, 7) is 1.46. The van der Waals surface area contributed by atoms with E-state index in [9.17, 15) is 9.18 Å². The molecule has 2 N–H and O–H groups in total. The van der Waals surface area contributed by atoms with Gasteiger partial charge in [-0.1, -0.05) is 17.7 Å². The summed E-state index contributed by atoms with van der Waals surface area (Å²) in [6.07, 6.45) is 2.17. The summed E-state index contributed by atoms with van der Waals surface area (Å²) >= 11 is 5.97. The standard InChI is InChI=1S/C15H18ClFN2O.ClH/c16-12-2-1-3-13(17)10(12)6-15(20)19-7-9-4-5-14(18)11(9)8-19;/h1-3,9,11,14H,4-8,18H2;1H. The number of hydrogen-bond donors (Lipinski definition) is 1. The van der Waals surface area contributed by atoms with Crippen molar-refractivity contribution in [3.8, 4) is 0 Å². The van der Waals surface area contributed by atoms with E-state index in [-0.39, 0.29) is 30.8 Å². The quantitative estimate of drug-likeness (QED) is 0.904. The van der Waals surface area contributed by atoms with Gasteiger partial charge in [0, 0.05) is 29.7 Å². The predicted molar refractivity (Wildman–Crippen MR) is 83.1 cm³/mol. The predicted octanol–water partition coefficient (Wildman–Crippen LogP) is 2.64. The number of carbonyl (C=O) groups excluding carboxylic acids is 1. The first-order valence-corrected chi connectivity index (χ1v) is 7.40. The van der Waals surface area contributed by atoms with Crippen LogP contribution in [0.5, 0.6) is 0 Å². The lowest BCUT2D eigenvalue weighted by Gasteiger charge is -2.19. The van der Waals surface area contributed by atoms with Gasteiger partial charge >= 0.3 is 0 Å². The molecule has 116 valence electrons. The van der Waals surface area contributed by atoms with E-state index in [1.54, 1.807) is 12.1 Å². The molecule has 0 aromatic heterocycles. The second-order valence-corrected chi connectivity index (χ2v) is 6.25. The highest BCUT2D eigenvalue weighted by Crippen LogP contribution is 2.37. The molecule has 1 amide bonds. The van der Waals surface area contributed by atoms with E-state index >= 15 is 0 Å². The Labute approximate surface area is 135 Å². The molecule has 6 heteroatoms. The zero-order chi connectivity index (χ0) is 14.3. The van der Waals surface area contributed by atoms with Crippen LogP contribution in [0.15, 0.2) is 18.2 Å². The second-order valence-electron chi connectivity index (χ2n) is 5.84. The Morgan fingerprint density at radius 3 is 2.81 bits per heavy atom. The molecule has 3 nitrogen and oxygen atoms in total. The summed E-state index contributed by atoms with van der Waals surface area (Å²) in [5.74, 6) is 0.459. The smallest absolute Gasteiger partial charge is 0.227 e. The van der Waals surface area contributed by atoms with Gasteiger partial charge in [-0.15, -0.1) is 12.4 Å². The molecule has 0 radical (unpaired) electrons. The molecule has 1 aliphatic heterocycles. The van der Waals surface area contributed by atoms with Gasteiger partial charge in [0.2, 0.25) is 5.91 Å². The number of nitrogens with two attached hydrogens (primary N) is 1. The Kier molecular flexibility index (Phi) is 5.12. The molecule has 2 aliphatic rings. The number of likely N-dealkylation sites (tertiary alicyclic amines) is 1. The van der Waals surface area contributed by atoms with Gasteiger partial charge in [0.25, 0.3) is 0 Å². The van der Waals surface area contributed by atoms with Crippen molar-refractivity contribution in [2.45, 2.75) is 25.3 Å². The summed E-state index contributed by atoms with van der Waals surface area (Å²) in [5.41, 5.74) is 6.36. The lowest BCUT2D eigenvalue weighted by molar-refractivity contribution is -0.129. The van der Waals surface area contributed by atoms with Crippen molar-refractivity contribution in [1.82, 2.24) is 4.90 Å². The van der Waals surface area contributed by atoms with Crippen LogP contribution in [0.3, 0.4) is 0 Å². The number of carbonyl (C=O) groups is 1. The molecule has 2 fully saturated rings. The lowest BCUT2D eigenvalue weighted by Crippen LogP contribution is -2.34. The van der Waals surface area contributed by atoms with Crippen LogP contribution in [0.2, 0.25) is 5.02 Å². The van der Waals surface area contributed by atoms with Crippen LogP contribution < -0.4 is 5.73 Å². The largest absolute Gasteiger partial charge is 0.342 e. The SMILES string of the molecule is Cl.NC1CCC2CN(C(=O)Cc3c(F)cccc3Cl)CC12. The van der Waals surface area contributed by atoms with E-state index in [0.29, 0.717) is 29.0 Å².